The van der Waals surface area contributed by atoms with Gasteiger partial charge in [-0.25, -0.2) is 4.98 Å². The van der Waals surface area contributed by atoms with E-state index < -0.39 is 0 Å². The number of halogens is 1. The Balaban J connectivity index is 1.92. The zero-order valence-electron chi connectivity index (χ0n) is 16.5. The molecule has 0 atom stereocenters. The fourth-order valence-electron chi connectivity index (χ4n) is 3.31. The van der Waals surface area contributed by atoms with Gasteiger partial charge in [-0.2, -0.15) is 0 Å². The lowest BCUT2D eigenvalue weighted by molar-refractivity contribution is 0.292. The zero-order valence-corrected chi connectivity index (χ0v) is 17.3. The molecule has 146 valence electrons. The van der Waals surface area contributed by atoms with E-state index in [-0.39, 0.29) is 0 Å². The number of hydrogen-bond acceptors (Lipinski definition) is 5. The first-order chi connectivity index (χ1) is 13.5. The number of nitrogens with zero attached hydrogens (tertiary/aromatic N) is 2. The number of methoxy groups -OCH3 is 2. The molecule has 1 aliphatic carbocycles. The standard InChI is InChI=1S/C22H23ClN2O3/c1-12-7-16-15(10-24-12)8-17(25-22(16)28-11-14-5-6-14)20-13(2)18(26-3)9-19(27-4)21(20)23/h7-10,14H,5-6,11H2,1-4H3. The molecule has 4 rings (SSSR count). The molecule has 0 amide bonds. The lowest BCUT2D eigenvalue weighted by Gasteiger charge is -2.17. The molecule has 0 saturated heterocycles. The topological polar surface area (TPSA) is 53.5 Å². The highest BCUT2D eigenvalue weighted by Crippen LogP contribution is 2.43. The van der Waals surface area contributed by atoms with Crippen LogP contribution in [-0.2, 0) is 0 Å². The first kappa shape index (κ1) is 18.8. The minimum Gasteiger partial charge on any atom is -0.496 e. The maximum atomic E-state index is 6.67. The molecule has 0 bridgehead atoms. The molecular weight excluding hydrogens is 376 g/mol. The second-order valence-electron chi connectivity index (χ2n) is 7.21. The number of aryl methyl sites for hydroxylation is 1. The van der Waals surface area contributed by atoms with Crippen molar-refractivity contribution in [1.82, 2.24) is 9.97 Å². The van der Waals surface area contributed by atoms with Crippen molar-refractivity contribution in [2.24, 2.45) is 5.92 Å². The van der Waals surface area contributed by atoms with E-state index in [2.05, 4.69) is 4.98 Å². The van der Waals surface area contributed by atoms with Gasteiger partial charge in [0.1, 0.15) is 11.5 Å². The number of pyridine rings is 2. The van der Waals surface area contributed by atoms with Crippen LogP contribution in [0.3, 0.4) is 0 Å². The summed E-state index contributed by atoms with van der Waals surface area (Å²) in [6.07, 6.45) is 4.28. The molecule has 2 heterocycles. The lowest BCUT2D eigenvalue weighted by Crippen LogP contribution is -2.03. The van der Waals surface area contributed by atoms with E-state index in [0.717, 1.165) is 27.6 Å². The van der Waals surface area contributed by atoms with Gasteiger partial charge in [-0.15, -0.1) is 0 Å². The summed E-state index contributed by atoms with van der Waals surface area (Å²) in [5, 5.41) is 2.42. The number of ether oxygens (including phenoxy) is 3. The fraction of sp³-hybridized carbons (Fsp3) is 0.364. The Morgan fingerprint density at radius 1 is 1.07 bits per heavy atom. The Morgan fingerprint density at radius 3 is 2.50 bits per heavy atom. The summed E-state index contributed by atoms with van der Waals surface area (Å²) in [6.45, 7) is 4.61. The molecule has 5 nitrogen and oxygen atoms in total. The Morgan fingerprint density at radius 2 is 1.82 bits per heavy atom. The fourth-order valence-corrected chi connectivity index (χ4v) is 3.68. The molecule has 0 spiro atoms. The number of hydrogen-bond donors (Lipinski definition) is 0. The minimum absolute atomic E-state index is 0.501. The predicted octanol–water partition coefficient (Wildman–Crippen LogP) is 5.37. The molecule has 28 heavy (non-hydrogen) atoms. The number of aromatic nitrogens is 2. The quantitative estimate of drug-likeness (QED) is 0.558. The number of fused-ring (bicyclic) bond motifs is 1. The van der Waals surface area contributed by atoms with Crippen molar-refractivity contribution in [2.45, 2.75) is 26.7 Å². The van der Waals surface area contributed by atoms with E-state index in [9.17, 15) is 0 Å². The highest BCUT2D eigenvalue weighted by atomic mass is 35.5. The summed E-state index contributed by atoms with van der Waals surface area (Å²) >= 11 is 6.67. The van der Waals surface area contributed by atoms with Crippen LogP contribution in [0.2, 0.25) is 5.02 Å². The van der Waals surface area contributed by atoms with Crippen molar-refractivity contribution in [1.29, 1.82) is 0 Å². The lowest BCUT2D eigenvalue weighted by atomic mass is 10.0. The first-order valence-corrected chi connectivity index (χ1v) is 9.71. The minimum atomic E-state index is 0.501. The molecule has 0 unspecified atom stereocenters. The molecule has 0 radical (unpaired) electrons. The van der Waals surface area contributed by atoms with E-state index in [1.807, 2.05) is 32.2 Å². The molecule has 0 N–H and O–H groups in total. The van der Waals surface area contributed by atoms with Crippen LogP contribution >= 0.6 is 11.6 Å². The van der Waals surface area contributed by atoms with Crippen LogP contribution in [-0.4, -0.2) is 30.8 Å². The van der Waals surface area contributed by atoms with Crippen LogP contribution in [0.25, 0.3) is 22.0 Å². The average molecular weight is 399 g/mol. The Hall–Kier alpha value is -2.53. The van der Waals surface area contributed by atoms with Gasteiger partial charge >= 0.3 is 0 Å². The van der Waals surface area contributed by atoms with Gasteiger partial charge in [-0.3, -0.25) is 4.98 Å². The summed E-state index contributed by atoms with van der Waals surface area (Å²) in [5.74, 6) is 2.48. The summed E-state index contributed by atoms with van der Waals surface area (Å²) < 4.78 is 17.1. The molecule has 1 aliphatic rings. The van der Waals surface area contributed by atoms with Crippen molar-refractivity contribution < 1.29 is 14.2 Å². The van der Waals surface area contributed by atoms with Gasteiger partial charge in [0.05, 0.1) is 31.5 Å². The van der Waals surface area contributed by atoms with Crippen molar-refractivity contribution in [3.63, 3.8) is 0 Å². The Bertz CT molecular complexity index is 1020. The Kier molecular flexibility index (Phi) is 5.02. The molecule has 3 aromatic rings. The first-order valence-electron chi connectivity index (χ1n) is 9.33. The van der Waals surface area contributed by atoms with Crippen LogP contribution in [0.15, 0.2) is 24.4 Å². The van der Waals surface area contributed by atoms with Crippen LogP contribution < -0.4 is 14.2 Å². The maximum Gasteiger partial charge on any atom is 0.222 e. The maximum absolute atomic E-state index is 6.67. The van der Waals surface area contributed by atoms with Crippen molar-refractivity contribution in [2.75, 3.05) is 20.8 Å². The SMILES string of the molecule is COc1cc(OC)c(Cl)c(-c2cc3cnc(C)cc3c(OCC3CC3)n2)c1C. The van der Waals surface area contributed by atoms with Crippen LogP contribution in [0.1, 0.15) is 24.1 Å². The van der Waals surface area contributed by atoms with Crippen molar-refractivity contribution >= 4 is 22.4 Å². The van der Waals surface area contributed by atoms with Crippen molar-refractivity contribution in [3.05, 3.63) is 40.7 Å². The molecule has 0 aliphatic heterocycles. The van der Waals surface area contributed by atoms with E-state index in [0.29, 0.717) is 40.6 Å². The molecular formula is C22H23ClN2O3. The average Bonchev–Trinajstić information content (AvgIpc) is 3.51. The number of rotatable bonds is 6. The van der Waals surface area contributed by atoms with E-state index in [1.54, 1.807) is 20.3 Å². The van der Waals surface area contributed by atoms with E-state index in [4.69, 9.17) is 30.8 Å². The predicted molar refractivity (Wildman–Crippen MR) is 111 cm³/mol. The monoisotopic (exact) mass is 398 g/mol. The van der Waals surface area contributed by atoms with Crippen LogP contribution in [0.4, 0.5) is 0 Å². The van der Waals surface area contributed by atoms with E-state index in [1.165, 1.54) is 12.8 Å². The normalized spacial score (nSPS) is 13.6. The number of benzene rings is 1. The summed E-state index contributed by atoms with van der Waals surface area (Å²) in [4.78, 5) is 9.28. The molecule has 2 aromatic heterocycles. The van der Waals surface area contributed by atoms with Gasteiger partial charge in [0.25, 0.3) is 0 Å². The second kappa shape index (κ2) is 7.47. The van der Waals surface area contributed by atoms with Crippen LogP contribution in [0.5, 0.6) is 17.4 Å². The molecule has 1 aromatic carbocycles. The highest BCUT2D eigenvalue weighted by molar-refractivity contribution is 6.35. The summed E-state index contributed by atoms with van der Waals surface area (Å²) in [5.41, 5.74) is 3.31. The molecule has 1 saturated carbocycles. The smallest absolute Gasteiger partial charge is 0.222 e. The third-order valence-electron chi connectivity index (χ3n) is 5.11. The molecule has 6 heteroatoms. The van der Waals surface area contributed by atoms with Gasteiger partial charge < -0.3 is 14.2 Å². The second-order valence-corrected chi connectivity index (χ2v) is 7.59. The third-order valence-corrected chi connectivity index (χ3v) is 5.48. The third kappa shape index (κ3) is 3.47. The van der Waals surface area contributed by atoms with Gasteiger partial charge in [-0.05, 0) is 44.7 Å². The molecule has 1 fully saturated rings. The van der Waals surface area contributed by atoms with Crippen molar-refractivity contribution in [3.8, 4) is 28.6 Å². The van der Waals surface area contributed by atoms with Gasteiger partial charge in [0.15, 0.2) is 0 Å². The largest absolute Gasteiger partial charge is 0.496 e. The van der Waals surface area contributed by atoms with Gasteiger partial charge in [-0.1, -0.05) is 11.6 Å². The van der Waals surface area contributed by atoms with Gasteiger partial charge in [0.2, 0.25) is 5.88 Å². The zero-order chi connectivity index (χ0) is 19.8. The van der Waals surface area contributed by atoms with Crippen LogP contribution in [0, 0.1) is 19.8 Å². The Labute approximate surface area is 169 Å². The van der Waals surface area contributed by atoms with E-state index >= 15 is 0 Å². The summed E-state index contributed by atoms with van der Waals surface area (Å²) in [6, 6.07) is 5.78. The summed E-state index contributed by atoms with van der Waals surface area (Å²) in [7, 11) is 3.22. The highest BCUT2D eigenvalue weighted by Gasteiger charge is 2.24. The van der Waals surface area contributed by atoms with Gasteiger partial charge in [0, 0.05) is 39.9 Å².